The van der Waals surface area contributed by atoms with Crippen LogP contribution < -0.4 is 4.74 Å². The number of methoxy groups -OCH3 is 1. The van der Waals surface area contributed by atoms with Crippen LogP contribution in [0.1, 0.15) is 39.3 Å². The highest BCUT2D eigenvalue weighted by Gasteiger charge is 2.39. The van der Waals surface area contributed by atoms with Crippen LogP contribution >= 0.6 is 11.6 Å². The maximum Gasteiger partial charge on any atom is 0.218 e. The van der Waals surface area contributed by atoms with E-state index in [-0.39, 0.29) is 0 Å². The highest BCUT2D eigenvalue weighted by atomic mass is 35.5. The molecule has 206 valence electrons. The first-order chi connectivity index (χ1) is 18.9. The Bertz CT molecular complexity index is 1850. The molecule has 0 aliphatic heterocycles. The standard InChI is InChI=1S/C30H30ClN5O3S/c1-18-7-13-25(19(2)33-18)30(37,27-17-32-35-36(27)3)21-10-14-26-23(16-21)28(31)24(29(34-26)39-4)15-20-8-11-22(12-9-20)40(5,6)38/h7-14,16-17,37H,5,15H2,1-4,6H3. The Morgan fingerprint density at radius 1 is 1.10 bits per heavy atom. The molecule has 0 saturated heterocycles. The summed E-state index contributed by atoms with van der Waals surface area (Å²) in [7, 11) is 0.980. The Balaban J connectivity index is 1.69. The minimum Gasteiger partial charge on any atom is -0.481 e. The van der Waals surface area contributed by atoms with E-state index in [1.165, 1.54) is 0 Å². The molecule has 0 spiro atoms. The number of halogens is 1. The summed E-state index contributed by atoms with van der Waals surface area (Å²) in [5.74, 6) is 4.17. The molecular formula is C30H30ClN5O3S. The van der Waals surface area contributed by atoms with Crippen LogP contribution in [0, 0.1) is 13.8 Å². The van der Waals surface area contributed by atoms with Crippen molar-refractivity contribution in [2.45, 2.75) is 30.8 Å². The van der Waals surface area contributed by atoms with Gasteiger partial charge in [-0.3, -0.25) is 9.19 Å². The first-order valence-electron chi connectivity index (χ1n) is 12.5. The van der Waals surface area contributed by atoms with E-state index >= 15 is 0 Å². The molecule has 3 aromatic heterocycles. The number of aryl methyl sites for hydroxylation is 3. The fraction of sp³-hybridized carbons (Fsp3) is 0.233. The summed E-state index contributed by atoms with van der Waals surface area (Å²) in [6, 6.07) is 16.7. The first-order valence-corrected chi connectivity index (χ1v) is 15.0. The Morgan fingerprint density at radius 2 is 1.82 bits per heavy atom. The van der Waals surface area contributed by atoms with Crippen LogP contribution in [-0.2, 0) is 28.6 Å². The van der Waals surface area contributed by atoms with Crippen LogP contribution in [0.25, 0.3) is 10.9 Å². The second kappa shape index (κ2) is 10.3. The molecule has 2 atom stereocenters. The molecular weight excluding hydrogens is 546 g/mol. The second-order valence-electron chi connectivity index (χ2n) is 10.0. The van der Waals surface area contributed by atoms with Crippen LogP contribution in [0.3, 0.4) is 0 Å². The Hall–Kier alpha value is -3.79. The third-order valence-corrected chi connectivity index (χ3v) is 8.79. The molecule has 10 heteroatoms. The van der Waals surface area contributed by atoms with Gasteiger partial charge in [-0.15, -0.1) is 5.10 Å². The number of rotatable bonds is 7. The number of hydrogen-bond donors (Lipinski definition) is 1. The van der Waals surface area contributed by atoms with E-state index in [0.29, 0.717) is 61.2 Å². The van der Waals surface area contributed by atoms with Gasteiger partial charge >= 0.3 is 0 Å². The van der Waals surface area contributed by atoms with Crippen molar-refractivity contribution in [3.63, 3.8) is 0 Å². The van der Waals surface area contributed by atoms with Gasteiger partial charge in [0, 0.05) is 52.5 Å². The SMILES string of the molecule is C=S(C)(=O)c1ccc(Cc2c(OC)nc3ccc(C(O)(c4ccc(C)nc4C)c4cnnn4C)cc3c2Cl)cc1. The largest absolute Gasteiger partial charge is 0.481 e. The van der Waals surface area contributed by atoms with E-state index < -0.39 is 15.1 Å². The highest BCUT2D eigenvalue weighted by Crippen LogP contribution is 2.41. The molecule has 5 rings (SSSR count). The maximum atomic E-state index is 12.5. The van der Waals surface area contributed by atoms with E-state index in [2.05, 4.69) is 21.2 Å². The van der Waals surface area contributed by atoms with Gasteiger partial charge in [-0.25, -0.2) is 9.67 Å². The van der Waals surface area contributed by atoms with E-state index in [1.54, 1.807) is 31.3 Å². The summed E-state index contributed by atoms with van der Waals surface area (Å²) in [6.45, 7) is 3.78. The summed E-state index contributed by atoms with van der Waals surface area (Å²) in [5.41, 5.74) is 3.85. The number of aliphatic hydroxyl groups is 1. The van der Waals surface area contributed by atoms with Gasteiger partial charge in [-0.05, 0) is 70.7 Å². The van der Waals surface area contributed by atoms with Gasteiger partial charge in [-0.2, -0.15) is 0 Å². The van der Waals surface area contributed by atoms with Crippen molar-refractivity contribution in [3.05, 3.63) is 105 Å². The zero-order valence-electron chi connectivity index (χ0n) is 23.0. The first kappa shape index (κ1) is 27.8. The smallest absolute Gasteiger partial charge is 0.218 e. The number of aromatic nitrogens is 5. The van der Waals surface area contributed by atoms with Crippen LogP contribution in [0.2, 0.25) is 5.02 Å². The number of ether oxygens (including phenoxy) is 1. The van der Waals surface area contributed by atoms with Crippen molar-refractivity contribution >= 4 is 37.9 Å². The van der Waals surface area contributed by atoms with Crippen molar-refractivity contribution in [1.82, 2.24) is 25.0 Å². The van der Waals surface area contributed by atoms with Gasteiger partial charge < -0.3 is 9.84 Å². The lowest BCUT2D eigenvalue weighted by Crippen LogP contribution is -2.32. The molecule has 0 radical (unpaired) electrons. The number of benzene rings is 2. The average molecular weight is 576 g/mol. The van der Waals surface area contributed by atoms with Crippen LogP contribution in [-0.4, -0.2) is 53.5 Å². The van der Waals surface area contributed by atoms with E-state index in [1.807, 2.05) is 68.4 Å². The predicted molar refractivity (Wildman–Crippen MR) is 159 cm³/mol. The molecule has 0 saturated carbocycles. The lowest BCUT2D eigenvalue weighted by molar-refractivity contribution is 0.115. The molecule has 3 heterocycles. The average Bonchev–Trinajstić information content (AvgIpc) is 3.35. The lowest BCUT2D eigenvalue weighted by Gasteiger charge is -2.30. The summed E-state index contributed by atoms with van der Waals surface area (Å²) >= 11 is 7.06. The summed E-state index contributed by atoms with van der Waals surface area (Å²) in [4.78, 5) is 10.0. The van der Waals surface area contributed by atoms with Gasteiger partial charge in [-0.1, -0.05) is 41.1 Å². The Kier molecular flexibility index (Phi) is 7.16. The zero-order chi connectivity index (χ0) is 28.8. The quantitative estimate of drug-likeness (QED) is 0.283. The number of fused-ring (bicyclic) bond motifs is 1. The Labute approximate surface area is 238 Å². The summed E-state index contributed by atoms with van der Waals surface area (Å²) < 4.78 is 19.5. The van der Waals surface area contributed by atoms with Crippen molar-refractivity contribution in [3.8, 4) is 5.88 Å². The third kappa shape index (κ3) is 4.85. The fourth-order valence-corrected chi connectivity index (χ4v) is 6.03. The lowest BCUT2D eigenvalue weighted by atomic mass is 9.82. The minimum absolute atomic E-state index is 0.412. The molecule has 8 nitrogen and oxygen atoms in total. The zero-order valence-corrected chi connectivity index (χ0v) is 24.5. The van der Waals surface area contributed by atoms with Crippen LogP contribution in [0.4, 0.5) is 0 Å². The number of hydrogen-bond acceptors (Lipinski definition) is 7. The van der Waals surface area contributed by atoms with Gasteiger partial charge in [0.05, 0.1) is 29.5 Å². The molecule has 2 unspecified atom stereocenters. The minimum atomic E-state index is -2.31. The normalized spacial score (nSPS) is 14.6. The second-order valence-corrected chi connectivity index (χ2v) is 12.9. The molecule has 1 N–H and O–H groups in total. The van der Waals surface area contributed by atoms with Crippen LogP contribution in [0.5, 0.6) is 5.88 Å². The molecule has 2 aromatic carbocycles. The molecule has 5 aromatic rings. The van der Waals surface area contributed by atoms with Gasteiger partial charge in [0.25, 0.3) is 0 Å². The summed E-state index contributed by atoms with van der Waals surface area (Å²) in [6.07, 6.45) is 3.60. The third-order valence-electron chi connectivity index (χ3n) is 7.09. The molecule has 0 bridgehead atoms. The van der Waals surface area contributed by atoms with E-state index in [0.717, 1.165) is 11.3 Å². The van der Waals surface area contributed by atoms with Crippen molar-refractivity contribution in [2.75, 3.05) is 13.4 Å². The van der Waals surface area contributed by atoms with Crippen LogP contribution in [0.15, 0.2) is 65.7 Å². The number of nitrogens with zero attached hydrogens (tertiary/aromatic N) is 5. The van der Waals surface area contributed by atoms with E-state index in [4.69, 9.17) is 21.3 Å². The molecule has 0 aliphatic carbocycles. The van der Waals surface area contributed by atoms with Gasteiger partial charge in [0.1, 0.15) is 0 Å². The molecule has 0 aliphatic rings. The Morgan fingerprint density at radius 3 is 2.42 bits per heavy atom. The van der Waals surface area contributed by atoms with E-state index in [9.17, 15) is 9.32 Å². The monoisotopic (exact) mass is 575 g/mol. The van der Waals surface area contributed by atoms with Gasteiger partial charge in [0.2, 0.25) is 5.88 Å². The molecule has 0 fully saturated rings. The topological polar surface area (TPSA) is 103 Å². The highest BCUT2D eigenvalue weighted by molar-refractivity contribution is 7.99. The van der Waals surface area contributed by atoms with Crippen molar-refractivity contribution in [2.24, 2.45) is 7.05 Å². The fourth-order valence-electron chi connectivity index (χ4n) is 5.02. The molecule has 40 heavy (non-hydrogen) atoms. The van der Waals surface area contributed by atoms with Gasteiger partial charge in [0.15, 0.2) is 5.60 Å². The van der Waals surface area contributed by atoms with Crippen molar-refractivity contribution in [1.29, 1.82) is 0 Å². The predicted octanol–water partition coefficient (Wildman–Crippen LogP) is 4.62. The maximum absolute atomic E-state index is 12.5. The molecule has 0 amide bonds. The van der Waals surface area contributed by atoms with Crippen molar-refractivity contribution < 1.29 is 14.1 Å². The summed E-state index contributed by atoms with van der Waals surface area (Å²) in [5, 5.41) is 21.7. The number of pyridine rings is 2.